The summed E-state index contributed by atoms with van der Waals surface area (Å²) in [5, 5.41) is 3.14. The second kappa shape index (κ2) is 6.51. The quantitative estimate of drug-likeness (QED) is 0.837. The third-order valence-corrected chi connectivity index (χ3v) is 5.24. The summed E-state index contributed by atoms with van der Waals surface area (Å²) in [4.78, 5) is 17.0. The highest BCUT2D eigenvalue weighted by molar-refractivity contribution is 5.83. The average molecular weight is 337 g/mol. The van der Waals surface area contributed by atoms with E-state index in [-0.39, 0.29) is 17.2 Å². The summed E-state index contributed by atoms with van der Waals surface area (Å²) < 4.78 is 2.05. The Kier molecular flexibility index (Phi) is 4.55. The van der Waals surface area contributed by atoms with Crippen LogP contribution in [0, 0.1) is 24.2 Å². The molecule has 25 heavy (non-hydrogen) atoms. The van der Waals surface area contributed by atoms with Crippen molar-refractivity contribution < 1.29 is 4.79 Å². The maximum Gasteiger partial charge on any atom is 0.224 e. The van der Waals surface area contributed by atoms with E-state index in [2.05, 4.69) is 60.8 Å². The van der Waals surface area contributed by atoms with Crippen LogP contribution in [0.2, 0.25) is 0 Å². The molecule has 1 aliphatic carbocycles. The van der Waals surface area contributed by atoms with Gasteiger partial charge in [-0.05, 0) is 43.7 Å². The molecule has 0 radical (unpaired) electrons. The molecule has 2 aromatic rings. The Morgan fingerprint density at radius 2 is 2.04 bits per heavy atom. The number of carbonyl (C=O) groups is 1. The Bertz CT molecular complexity index is 812. The van der Waals surface area contributed by atoms with Gasteiger partial charge in [0.1, 0.15) is 5.82 Å². The molecule has 1 N–H and O–H groups in total. The van der Waals surface area contributed by atoms with E-state index in [1.807, 2.05) is 25.3 Å². The number of allylic oxidation sites excluding steroid dienone is 2. The zero-order valence-corrected chi connectivity index (χ0v) is 15.7. The molecule has 1 aromatic heterocycles. The first-order chi connectivity index (χ1) is 11.8. The normalized spacial score (nSPS) is 20.8. The molecule has 1 aliphatic rings. The highest BCUT2D eigenvalue weighted by Gasteiger charge is 2.60. The van der Waals surface area contributed by atoms with Crippen molar-refractivity contribution in [1.82, 2.24) is 14.9 Å². The summed E-state index contributed by atoms with van der Waals surface area (Å²) in [6.07, 6.45) is 5.97. The fraction of sp³-hybridized carbons (Fsp3) is 0.429. The predicted octanol–water partition coefficient (Wildman–Crippen LogP) is 4.04. The van der Waals surface area contributed by atoms with Gasteiger partial charge in [0, 0.05) is 18.9 Å². The molecule has 3 rings (SSSR count). The van der Waals surface area contributed by atoms with Crippen LogP contribution in [0.1, 0.15) is 39.1 Å². The lowest BCUT2D eigenvalue weighted by molar-refractivity contribution is -0.123. The molecule has 1 amide bonds. The van der Waals surface area contributed by atoms with Crippen LogP contribution in [-0.4, -0.2) is 15.5 Å². The molecule has 1 fully saturated rings. The lowest BCUT2D eigenvalue weighted by Crippen LogP contribution is -2.27. The smallest absolute Gasteiger partial charge is 0.224 e. The Balaban J connectivity index is 1.72. The summed E-state index contributed by atoms with van der Waals surface area (Å²) in [7, 11) is 0. The van der Waals surface area contributed by atoms with E-state index in [0.717, 1.165) is 17.1 Å². The molecule has 0 bridgehead atoms. The summed E-state index contributed by atoms with van der Waals surface area (Å²) >= 11 is 0. The molecule has 4 nitrogen and oxygen atoms in total. The van der Waals surface area contributed by atoms with Gasteiger partial charge < -0.3 is 9.88 Å². The van der Waals surface area contributed by atoms with Gasteiger partial charge in [-0.15, -0.1) is 0 Å². The number of aromatic nitrogens is 2. The molecule has 1 saturated carbocycles. The van der Waals surface area contributed by atoms with Gasteiger partial charge in [0.15, 0.2) is 0 Å². The van der Waals surface area contributed by atoms with Crippen molar-refractivity contribution in [2.24, 2.45) is 17.3 Å². The third kappa shape index (κ3) is 3.39. The van der Waals surface area contributed by atoms with E-state index in [4.69, 9.17) is 0 Å². The minimum atomic E-state index is 0.0435. The molecule has 4 heteroatoms. The number of rotatable bonds is 5. The lowest BCUT2D eigenvalue weighted by Gasteiger charge is -2.13. The van der Waals surface area contributed by atoms with Gasteiger partial charge in [0.25, 0.3) is 0 Å². The Morgan fingerprint density at radius 3 is 2.68 bits per heavy atom. The number of nitrogens with zero attached hydrogens (tertiary/aromatic N) is 2. The lowest BCUT2D eigenvalue weighted by atomic mass is 10.1. The van der Waals surface area contributed by atoms with E-state index >= 15 is 0 Å². The van der Waals surface area contributed by atoms with Crippen molar-refractivity contribution in [1.29, 1.82) is 0 Å². The zero-order valence-electron chi connectivity index (χ0n) is 15.7. The fourth-order valence-corrected chi connectivity index (χ4v) is 3.67. The molecular weight excluding hydrogens is 310 g/mol. The van der Waals surface area contributed by atoms with Crippen molar-refractivity contribution in [3.05, 3.63) is 59.7 Å². The Morgan fingerprint density at radius 1 is 1.32 bits per heavy atom. The SMILES string of the molecule is CC(C)=CC1C(C(=O)NCc2ccccc2-n2ccnc2C)C1(C)C. The maximum atomic E-state index is 12.7. The highest BCUT2D eigenvalue weighted by Crippen LogP contribution is 2.59. The van der Waals surface area contributed by atoms with Crippen LogP contribution in [0.25, 0.3) is 5.69 Å². The summed E-state index contributed by atoms with van der Waals surface area (Å²) in [5.74, 6) is 1.48. The average Bonchev–Trinajstić information content (AvgIpc) is 2.88. The minimum Gasteiger partial charge on any atom is -0.352 e. The number of amides is 1. The molecule has 0 saturated heterocycles. The molecule has 1 aromatic carbocycles. The molecule has 132 valence electrons. The van der Waals surface area contributed by atoms with E-state index in [1.165, 1.54) is 5.57 Å². The van der Waals surface area contributed by atoms with Crippen molar-refractivity contribution >= 4 is 5.91 Å². The molecule has 2 atom stereocenters. The zero-order chi connectivity index (χ0) is 18.2. The van der Waals surface area contributed by atoms with Gasteiger partial charge in [0.2, 0.25) is 5.91 Å². The van der Waals surface area contributed by atoms with Crippen LogP contribution < -0.4 is 5.32 Å². The van der Waals surface area contributed by atoms with Crippen LogP contribution in [0.15, 0.2) is 48.3 Å². The molecular formula is C21H27N3O. The van der Waals surface area contributed by atoms with Crippen LogP contribution in [-0.2, 0) is 11.3 Å². The van der Waals surface area contributed by atoms with E-state index in [1.54, 1.807) is 6.20 Å². The van der Waals surface area contributed by atoms with Gasteiger partial charge in [-0.2, -0.15) is 0 Å². The van der Waals surface area contributed by atoms with E-state index < -0.39 is 0 Å². The number of carbonyl (C=O) groups excluding carboxylic acids is 1. The predicted molar refractivity (Wildman–Crippen MR) is 100 cm³/mol. The van der Waals surface area contributed by atoms with Crippen molar-refractivity contribution in [3.63, 3.8) is 0 Å². The van der Waals surface area contributed by atoms with Crippen LogP contribution in [0.4, 0.5) is 0 Å². The molecule has 0 aliphatic heterocycles. The van der Waals surface area contributed by atoms with Gasteiger partial charge in [-0.25, -0.2) is 4.98 Å². The molecule has 1 heterocycles. The number of benzene rings is 1. The van der Waals surface area contributed by atoms with E-state index in [9.17, 15) is 4.79 Å². The van der Waals surface area contributed by atoms with Crippen molar-refractivity contribution in [2.75, 3.05) is 0 Å². The third-order valence-electron chi connectivity index (χ3n) is 5.24. The number of hydrogen-bond acceptors (Lipinski definition) is 2. The number of imidazole rings is 1. The van der Waals surface area contributed by atoms with Gasteiger partial charge >= 0.3 is 0 Å². The van der Waals surface area contributed by atoms with Crippen molar-refractivity contribution in [2.45, 2.75) is 41.2 Å². The largest absolute Gasteiger partial charge is 0.352 e. The summed E-state index contributed by atoms with van der Waals surface area (Å²) in [6.45, 7) is 11.0. The number of aryl methyl sites for hydroxylation is 1. The highest BCUT2D eigenvalue weighted by atomic mass is 16.2. The van der Waals surface area contributed by atoms with Crippen molar-refractivity contribution in [3.8, 4) is 5.69 Å². The molecule has 2 unspecified atom stereocenters. The van der Waals surface area contributed by atoms with Gasteiger partial charge in [0.05, 0.1) is 11.6 Å². The topological polar surface area (TPSA) is 46.9 Å². The van der Waals surface area contributed by atoms with Crippen LogP contribution >= 0.6 is 0 Å². The Hall–Kier alpha value is -2.36. The second-order valence-corrected chi connectivity index (χ2v) is 7.76. The van der Waals surface area contributed by atoms with Crippen LogP contribution in [0.3, 0.4) is 0 Å². The Labute approximate surface area is 150 Å². The van der Waals surface area contributed by atoms with Gasteiger partial charge in [-0.1, -0.05) is 43.7 Å². The number of hydrogen-bond donors (Lipinski definition) is 1. The van der Waals surface area contributed by atoms with E-state index in [0.29, 0.717) is 12.5 Å². The minimum absolute atomic E-state index is 0.0435. The first kappa shape index (κ1) is 17.5. The first-order valence-corrected chi connectivity index (χ1v) is 8.83. The van der Waals surface area contributed by atoms with Gasteiger partial charge in [-0.3, -0.25) is 4.79 Å². The number of para-hydroxylation sites is 1. The fourth-order valence-electron chi connectivity index (χ4n) is 3.67. The maximum absolute atomic E-state index is 12.7. The second-order valence-electron chi connectivity index (χ2n) is 7.76. The summed E-state index contributed by atoms with van der Waals surface area (Å²) in [5.41, 5.74) is 3.47. The standard InChI is InChI=1S/C21H27N3O/c1-14(2)12-17-19(21(17,4)5)20(25)23-13-16-8-6-7-9-18(16)24-11-10-22-15(24)3/h6-12,17,19H,13H2,1-5H3,(H,23,25). The summed E-state index contributed by atoms with van der Waals surface area (Å²) in [6, 6.07) is 8.13. The van der Waals surface area contributed by atoms with Crippen LogP contribution in [0.5, 0.6) is 0 Å². The molecule has 0 spiro atoms. The number of nitrogens with one attached hydrogen (secondary N) is 1. The monoisotopic (exact) mass is 337 g/mol. The first-order valence-electron chi connectivity index (χ1n) is 8.83.